The molecule has 1 atom stereocenters. The predicted molar refractivity (Wildman–Crippen MR) is 101 cm³/mol. The monoisotopic (exact) mass is 369 g/mol. The van der Waals surface area contributed by atoms with Gasteiger partial charge in [0.25, 0.3) is 0 Å². The van der Waals surface area contributed by atoms with Gasteiger partial charge in [-0.25, -0.2) is 4.79 Å². The van der Waals surface area contributed by atoms with E-state index in [1.54, 1.807) is 24.3 Å². The van der Waals surface area contributed by atoms with Crippen LogP contribution in [0.1, 0.15) is 35.7 Å². The molecule has 142 valence electrons. The molecule has 0 saturated carbocycles. The minimum Gasteiger partial charge on any atom is -0.494 e. The second kappa shape index (κ2) is 10.1. The molecule has 0 aromatic heterocycles. The Morgan fingerprint density at radius 1 is 1.07 bits per heavy atom. The number of Topliss-reactive ketones (excluding diaryl/α,β-unsaturated/α-hetero) is 1. The van der Waals surface area contributed by atoms with Gasteiger partial charge in [0.2, 0.25) is 5.91 Å². The summed E-state index contributed by atoms with van der Waals surface area (Å²) in [6, 6.07) is 15.0. The van der Waals surface area contributed by atoms with Crippen LogP contribution in [0.5, 0.6) is 5.75 Å². The highest BCUT2D eigenvalue weighted by atomic mass is 16.5. The number of benzene rings is 2. The molecule has 1 amide bonds. The Balaban J connectivity index is 1.76. The van der Waals surface area contributed by atoms with Crippen LogP contribution in [-0.4, -0.2) is 35.4 Å². The lowest BCUT2D eigenvalue weighted by Gasteiger charge is -2.15. The van der Waals surface area contributed by atoms with Crippen molar-refractivity contribution in [2.24, 2.45) is 0 Å². The summed E-state index contributed by atoms with van der Waals surface area (Å²) >= 11 is 0. The Bertz CT molecular complexity index is 788. The standard InChI is InChI=1S/C21H23NO5/c1-15(23)17-9-5-10-18(14-17)27-12-6-11-20(24)22-19(21(25)26)13-16-7-3-2-4-8-16/h2-5,7-10,14,19H,6,11-13H2,1H3,(H,22,24)(H,25,26)/t19-/m1/s1. The van der Waals surface area contributed by atoms with E-state index < -0.39 is 12.0 Å². The molecule has 2 aromatic rings. The Morgan fingerprint density at radius 2 is 1.81 bits per heavy atom. The summed E-state index contributed by atoms with van der Waals surface area (Å²) in [4.78, 5) is 34.8. The van der Waals surface area contributed by atoms with E-state index in [9.17, 15) is 19.5 Å². The number of ether oxygens (including phenoxy) is 1. The van der Waals surface area contributed by atoms with E-state index in [2.05, 4.69) is 5.32 Å². The van der Waals surface area contributed by atoms with Crippen LogP contribution in [-0.2, 0) is 16.0 Å². The highest BCUT2D eigenvalue weighted by Gasteiger charge is 2.20. The van der Waals surface area contributed by atoms with E-state index in [4.69, 9.17) is 4.74 Å². The normalized spacial score (nSPS) is 11.4. The van der Waals surface area contributed by atoms with Crippen molar-refractivity contribution in [2.45, 2.75) is 32.2 Å². The fourth-order valence-electron chi connectivity index (χ4n) is 2.54. The topological polar surface area (TPSA) is 92.7 Å². The molecular weight excluding hydrogens is 346 g/mol. The van der Waals surface area contributed by atoms with Gasteiger partial charge in [-0.15, -0.1) is 0 Å². The highest BCUT2D eigenvalue weighted by molar-refractivity contribution is 5.94. The summed E-state index contributed by atoms with van der Waals surface area (Å²) in [5.41, 5.74) is 1.41. The lowest BCUT2D eigenvalue weighted by Crippen LogP contribution is -2.42. The minimum atomic E-state index is -1.07. The molecule has 0 fully saturated rings. The summed E-state index contributed by atoms with van der Waals surface area (Å²) in [6.07, 6.45) is 0.828. The zero-order valence-electron chi connectivity index (χ0n) is 15.2. The summed E-state index contributed by atoms with van der Waals surface area (Å²) in [6.45, 7) is 1.78. The maximum absolute atomic E-state index is 12.0. The molecule has 2 aromatic carbocycles. The summed E-state index contributed by atoms with van der Waals surface area (Å²) in [7, 11) is 0. The number of rotatable bonds is 10. The van der Waals surface area contributed by atoms with E-state index in [1.807, 2.05) is 30.3 Å². The number of carbonyl (C=O) groups excluding carboxylic acids is 2. The van der Waals surface area contributed by atoms with Gasteiger partial charge in [0.05, 0.1) is 6.61 Å². The number of nitrogens with one attached hydrogen (secondary N) is 1. The second-order valence-corrected chi connectivity index (χ2v) is 6.18. The molecule has 0 aliphatic rings. The Morgan fingerprint density at radius 3 is 2.48 bits per heavy atom. The Labute approximate surface area is 158 Å². The Hall–Kier alpha value is -3.15. The third-order valence-electron chi connectivity index (χ3n) is 3.97. The molecule has 27 heavy (non-hydrogen) atoms. The molecule has 0 bridgehead atoms. The van der Waals surface area contributed by atoms with Gasteiger partial charge in [0.1, 0.15) is 11.8 Å². The molecule has 0 radical (unpaired) electrons. The number of carbonyl (C=O) groups is 3. The predicted octanol–water partition coefficient (Wildman–Crippen LogP) is 2.86. The van der Waals surface area contributed by atoms with Crippen molar-refractivity contribution >= 4 is 17.7 Å². The van der Waals surface area contributed by atoms with Gasteiger partial charge < -0.3 is 15.2 Å². The number of hydrogen-bond acceptors (Lipinski definition) is 4. The zero-order chi connectivity index (χ0) is 19.6. The summed E-state index contributed by atoms with van der Waals surface area (Å²) in [5, 5.41) is 11.9. The van der Waals surface area contributed by atoms with Crippen molar-refractivity contribution in [3.8, 4) is 5.75 Å². The average molecular weight is 369 g/mol. The molecule has 0 aliphatic carbocycles. The molecule has 0 spiro atoms. The van der Waals surface area contributed by atoms with Crippen LogP contribution < -0.4 is 10.1 Å². The van der Waals surface area contributed by atoms with Crippen LogP contribution in [0.3, 0.4) is 0 Å². The lowest BCUT2D eigenvalue weighted by molar-refractivity contribution is -0.141. The molecule has 6 heteroatoms. The van der Waals surface area contributed by atoms with Gasteiger partial charge in [-0.1, -0.05) is 42.5 Å². The van der Waals surface area contributed by atoms with Gasteiger partial charge in [-0.05, 0) is 31.0 Å². The zero-order valence-corrected chi connectivity index (χ0v) is 15.2. The maximum atomic E-state index is 12.0. The molecule has 0 saturated heterocycles. The number of amides is 1. The molecule has 0 heterocycles. The maximum Gasteiger partial charge on any atom is 0.326 e. The van der Waals surface area contributed by atoms with E-state index in [1.165, 1.54) is 6.92 Å². The summed E-state index contributed by atoms with van der Waals surface area (Å²) in [5.74, 6) is -0.877. The smallest absolute Gasteiger partial charge is 0.326 e. The molecule has 2 rings (SSSR count). The average Bonchev–Trinajstić information content (AvgIpc) is 2.65. The third kappa shape index (κ3) is 6.93. The van der Waals surface area contributed by atoms with Crippen LogP contribution in [0.4, 0.5) is 0 Å². The van der Waals surface area contributed by atoms with Crippen LogP contribution >= 0.6 is 0 Å². The first-order valence-electron chi connectivity index (χ1n) is 8.75. The summed E-state index contributed by atoms with van der Waals surface area (Å²) < 4.78 is 5.55. The van der Waals surface area contributed by atoms with Crippen molar-refractivity contribution < 1.29 is 24.2 Å². The third-order valence-corrected chi connectivity index (χ3v) is 3.97. The molecule has 0 aliphatic heterocycles. The van der Waals surface area contributed by atoms with Crippen molar-refractivity contribution in [1.82, 2.24) is 5.32 Å². The quantitative estimate of drug-likeness (QED) is 0.496. The van der Waals surface area contributed by atoms with Crippen LogP contribution in [0, 0.1) is 0 Å². The van der Waals surface area contributed by atoms with Crippen LogP contribution in [0.15, 0.2) is 54.6 Å². The van der Waals surface area contributed by atoms with Crippen LogP contribution in [0.25, 0.3) is 0 Å². The lowest BCUT2D eigenvalue weighted by atomic mass is 10.1. The van der Waals surface area contributed by atoms with E-state index in [-0.39, 0.29) is 24.5 Å². The van der Waals surface area contributed by atoms with E-state index >= 15 is 0 Å². The van der Waals surface area contributed by atoms with Crippen LogP contribution in [0.2, 0.25) is 0 Å². The fourth-order valence-corrected chi connectivity index (χ4v) is 2.54. The van der Waals surface area contributed by atoms with Crippen molar-refractivity contribution in [2.75, 3.05) is 6.61 Å². The van der Waals surface area contributed by atoms with E-state index in [0.717, 1.165) is 5.56 Å². The van der Waals surface area contributed by atoms with Gasteiger partial charge in [-0.3, -0.25) is 9.59 Å². The van der Waals surface area contributed by atoms with Crippen molar-refractivity contribution in [3.63, 3.8) is 0 Å². The minimum absolute atomic E-state index is 0.0436. The number of aliphatic carboxylic acids is 1. The molecule has 0 unspecified atom stereocenters. The van der Waals surface area contributed by atoms with E-state index in [0.29, 0.717) is 24.3 Å². The first-order valence-corrected chi connectivity index (χ1v) is 8.75. The van der Waals surface area contributed by atoms with Crippen molar-refractivity contribution in [3.05, 3.63) is 65.7 Å². The molecule has 2 N–H and O–H groups in total. The number of carboxylic acids is 1. The Kier molecular flexibility index (Phi) is 7.55. The highest BCUT2D eigenvalue weighted by Crippen LogP contribution is 2.14. The number of hydrogen-bond donors (Lipinski definition) is 2. The largest absolute Gasteiger partial charge is 0.494 e. The van der Waals surface area contributed by atoms with Gasteiger partial charge >= 0.3 is 5.97 Å². The number of ketones is 1. The van der Waals surface area contributed by atoms with Gasteiger partial charge in [-0.2, -0.15) is 0 Å². The van der Waals surface area contributed by atoms with Gasteiger partial charge in [0.15, 0.2) is 5.78 Å². The first-order chi connectivity index (χ1) is 13.0. The van der Waals surface area contributed by atoms with Crippen molar-refractivity contribution in [1.29, 1.82) is 0 Å². The first kappa shape index (κ1) is 20.2. The molecular formula is C21H23NO5. The SMILES string of the molecule is CC(=O)c1cccc(OCCCC(=O)N[C@H](Cc2ccccc2)C(=O)O)c1. The second-order valence-electron chi connectivity index (χ2n) is 6.18. The van der Waals surface area contributed by atoms with Gasteiger partial charge in [0, 0.05) is 18.4 Å². The fraction of sp³-hybridized carbons (Fsp3) is 0.286. The molecule has 6 nitrogen and oxygen atoms in total. The number of carboxylic acid groups (broad SMARTS) is 1.